The van der Waals surface area contributed by atoms with Gasteiger partial charge in [0.05, 0.1) is 21.6 Å². The maximum absolute atomic E-state index is 12.2. The average molecular weight is 302 g/mol. The Hall–Kier alpha value is -1.40. The van der Waals surface area contributed by atoms with Crippen LogP contribution in [0, 0.1) is 5.92 Å². The van der Waals surface area contributed by atoms with Gasteiger partial charge in [0, 0.05) is 6.42 Å². The number of amides is 2. The first-order valence-corrected chi connectivity index (χ1v) is 7.74. The average Bonchev–Trinajstić information content (AvgIpc) is 2.33. The number of imide groups is 1. The normalized spacial score (nSPS) is 20.2. The summed E-state index contributed by atoms with van der Waals surface area (Å²) in [6, 6.07) is 6.10. The van der Waals surface area contributed by atoms with Crippen molar-refractivity contribution in [3.63, 3.8) is 0 Å². The van der Waals surface area contributed by atoms with Crippen LogP contribution in [-0.2, 0) is 19.4 Å². The van der Waals surface area contributed by atoms with E-state index in [9.17, 15) is 18.0 Å². The molecular weight excluding hydrogens is 290 g/mol. The van der Waals surface area contributed by atoms with Gasteiger partial charge in [-0.3, -0.25) is 14.9 Å². The van der Waals surface area contributed by atoms with E-state index in [2.05, 4.69) is 5.32 Å². The van der Waals surface area contributed by atoms with E-state index in [1.54, 1.807) is 12.1 Å². The Morgan fingerprint density at radius 2 is 1.95 bits per heavy atom. The van der Waals surface area contributed by atoms with E-state index in [0.29, 0.717) is 0 Å². The van der Waals surface area contributed by atoms with Crippen molar-refractivity contribution in [1.82, 2.24) is 5.32 Å². The van der Waals surface area contributed by atoms with Crippen LogP contribution in [0.25, 0.3) is 0 Å². The van der Waals surface area contributed by atoms with E-state index in [1.165, 1.54) is 12.1 Å². The zero-order valence-electron chi connectivity index (χ0n) is 9.93. The minimum absolute atomic E-state index is 0.0152. The zero-order chi connectivity index (χ0) is 14.0. The summed E-state index contributed by atoms with van der Waals surface area (Å²) in [5.41, 5.74) is 0. The van der Waals surface area contributed by atoms with Gasteiger partial charge in [-0.1, -0.05) is 23.7 Å². The van der Waals surface area contributed by atoms with Crippen LogP contribution in [0.4, 0.5) is 0 Å². The van der Waals surface area contributed by atoms with Gasteiger partial charge in [0.15, 0.2) is 9.84 Å². The first kappa shape index (κ1) is 14.0. The number of hydrogen-bond acceptors (Lipinski definition) is 4. The van der Waals surface area contributed by atoms with Gasteiger partial charge in [-0.25, -0.2) is 8.42 Å². The second kappa shape index (κ2) is 5.30. The van der Waals surface area contributed by atoms with Crippen LogP contribution in [0.1, 0.15) is 12.8 Å². The predicted octanol–water partition coefficient (Wildman–Crippen LogP) is 1.17. The van der Waals surface area contributed by atoms with Crippen LogP contribution in [0.5, 0.6) is 0 Å². The van der Waals surface area contributed by atoms with Crippen molar-refractivity contribution in [2.24, 2.45) is 5.92 Å². The molecule has 1 saturated heterocycles. The first-order valence-electron chi connectivity index (χ1n) is 5.71. The minimum atomic E-state index is -3.65. The smallest absolute Gasteiger partial charge is 0.230 e. The molecule has 1 atom stereocenters. The first-order chi connectivity index (χ1) is 8.90. The van der Waals surface area contributed by atoms with Crippen molar-refractivity contribution < 1.29 is 18.0 Å². The number of rotatable bonds is 3. The van der Waals surface area contributed by atoms with Crippen LogP contribution in [0.2, 0.25) is 5.02 Å². The summed E-state index contributed by atoms with van der Waals surface area (Å²) >= 11 is 5.85. The fourth-order valence-corrected chi connectivity index (χ4v) is 4.12. The lowest BCUT2D eigenvalue weighted by Crippen LogP contribution is -2.43. The van der Waals surface area contributed by atoms with E-state index in [0.717, 1.165) is 0 Å². The maximum Gasteiger partial charge on any atom is 0.230 e. The minimum Gasteiger partial charge on any atom is -0.296 e. The molecule has 1 aliphatic heterocycles. The molecule has 1 fully saturated rings. The van der Waals surface area contributed by atoms with Crippen molar-refractivity contribution in [3.05, 3.63) is 29.3 Å². The Kier molecular flexibility index (Phi) is 3.91. The van der Waals surface area contributed by atoms with E-state index in [4.69, 9.17) is 11.6 Å². The van der Waals surface area contributed by atoms with Gasteiger partial charge >= 0.3 is 0 Å². The molecule has 0 spiro atoms. The van der Waals surface area contributed by atoms with Gasteiger partial charge in [0.25, 0.3) is 0 Å². The summed E-state index contributed by atoms with van der Waals surface area (Å²) < 4.78 is 24.4. The number of carbonyl (C=O) groups is 2. The molecule has 5 nitrogen and oxygen atoms in total. The molecule has 0 aliphatic carbocycles. The third-order valence-corrected chi connectivity index (χ3v) is 5.25. The monoisotopic (exact) mass is 301 g/mol. The molecule has 2 amide bonds. The lowest BCUT2D eigenvalue weighted by atomic mass is 10.0. The summed E-state index contributed by atoms with van der Waals surface area (Å²) in [7, 11) is -3.65. The molecule has 7 heteroatoms. The van der Waals surface area contributed by atoms with Crippen LogP contribution < -0.4 is 5.32 Å². The van der Waals surface area contributed by atoms with Gasteiger partial charge in [0.2, 0.25) is 11.8 Å². The van der Waals surface area contributed by atoms with Gasteiger partial charge in [0.1, 0.15) is 0 Å². The number of piperidine rings is 1. The molecule has 0 saturated carbocycles. The summed E-state index contributed by atoms with van der Waals surface area (Å²) in [6.45, 7) is 0. The van der Waals surface area contributed by atoms with Crippen molar-refractivity contribution in [2.45, 2.75) is 17.7 Å². The Balaban J connectivity index is 2.21. The van der Waals surface area contributed by atoms with E-state index >= 15 is 0 Å². The predicted molar refractivity (Wildman–Crippen MR) is 69.4 cm³/mol. The highest BCUT2D eigenvalue weighted by Gasteiger charge is 2.32. The Morgan fingerprint density at radius 1 is 1.26 bits per heavy atom. The Labute approximate surface area is 115 Å². The number of nitrogens with one attached hydrogen (secondary N) is 1. The number of halogens is 1. The quantitative estimate of drug-likeness (QED) is 0.850. The summed E-state index contributed by atoms with van der Waals surface area (Å²) in [5.74, 6) is -1.95. The zero-order valence-corrected chi connectivity index (χ0v) is 11.5. The van der Waals surface area contributed by atoms with Gasteiger partial charge in [-0.15, -0.1) is 0 Å². The Bertz CT molecular complexity index is 626. The third-order valence-electron chi connectivity index (χ3n) is 2.95. The molecule has 1 heterocycles. The van der Waals surface area contributed by atoms with Gasteiger partial charge in [-0.2, -0.15) is 0 Å². The van der Waals surface area contributed by atoms with Crippen molar-refractivity contribution in [2.75, 3.05) is 5.75 Å². The molecular formula is C12H12ClNO4S. The number of benzene rings is 1. The Morgan fingerprint density at radius 3 is 2.58 bits per heavy atom. The lowest BCUT2D eigenvalue weighted by Gasteiger charge is -2.20. The summed E-state index contributed by atoms with van der Waals surface area (Å²) in [6.07, 6.45) is 0.406. The van der Waals surface area contributed by atoms with Crippen LogP contribution >= 0.6 is 11.6 Å². The van der Waals surface area contributed by atoms with Crippen molar-refractivity contribution >= 4 is 33.3 Å². The summed E-state index contributed by atoms with van der Waals surface area (Å²) in [4.78, 5) is 22.6. The molecule has 0 bridgehead atoms. The molecule has 1 aliphatic rings. The van der Waals surface area contributed by atoms with E-state index in [1.807, 2.05) is 0 Å². The topological polar surface area (TPSA) is 80.3 Å². The maximum atomic E-state index is 12.2. The molecule has 1 aromatic rings. The molecule has 1 unspecified atom stereocenters. The number of hydrogen-bond donors (Lipinski definition) is 1. The van der Waals surface area contributed by atoms with Crippen LogP contribution in [0.3, 0.4) is 0 Å². The second-order valence-corrected chi connectivity index (χ2v) is 6.77. The molecule has 0 radical (unpaired) electrons. The fraction of sp³-hybridized carbons (Fsp3) is 0.333. The van der Waals surface area contributed by atoms with Crippen LogP contribution in [-0.4, -0.2) is 26.0 Å². The third kappa shape index (κ3) is 3.13. The SMILES string of the molecule is O=C1CCC(CS(=O)(=O)c2ccccc2Cl)C(=O)N1. The second-order valence-electron chi connectivity index (χ2n) is 4.36. The molecule has 102 valence electrons. The molecule has 1 aromatic carbocycles. The molecule has 2 rings (SSSR count). The van der Waals surface area contributed by atoms with Gasteiger partial charge in [-0.05, 0) is 18.6 Å². The number of carbonyl (C=O) groups excluding carboxylic acids is 2. The van der Waals surface area contributed by atoms with Crippen molar-refractivity contribution in [3.8, 4) is 0 Å². The lowest BCUT2D eigenvalue weighted by molar-refractivity contribution is -0.135. The van der Waals surface area contributed by atoms with E-state index in [-0.39, 0.29) is 34.4 Å². The standard InChI is InChI=1S/C12H12ClNO4S/c13-9-3-1-2-4-10(9)19(17,18)7-8-5-6-11(15)14-12(8)16/h1-4,8H,5-7H2,(H,14,15,16). The highest BCUT2D eigenvalue weighted by Crippen LogP contribution is 2.25. The molecule has 1 N–H and O–H groups in total. The summed E-state index contributed by atoms with van der Waals surface area (Å²) in [5, 5.41) is 2.28. The highest BCUT2D eigenvalue weighted by molar-refractivity contribution is 7.91. The van der Waals surface area contributed by atoms with Crippen molar-refractivity contribution in [1.29, 1.82) is 0 Å². The van der Waals surface area contributed by atoms with Gasteiger partial charge < -0.3 is 0 Å². The van der Waals surface area contributed by atoms with E-state index < -0.39 is 21.7 Å². The molecule has 0 aromatic heterocycles. The largest absolute Gasteiger partial charge is 0.296 e. The fourth-order valence-electron chi connectivity index (χ4n) is 1.95. The highest BCUT2D eigenvalue weighted by atomic mass is 35.5. The number of sulfone groups is 1. The molecule has 19 heavy (non-hydrogen) atoms. The van der Waals surface area contributed by atoms with Crippen LogP contribution in [0.15, 0.2) is 29.2 Å².